The molecule has 0 amide bonds. The molecule has 0 heterocycles. The maximum absolute atomic E-state index is 10.9. The van der Waals surface area contributed by atoms with Gasteiger partial charge in [0, 0.05) is 6.07 Å². The Labute approximate surface area is 79.0 Å². The zero-order valence-electron chi connectivity index (χ0n) is 6.75. The summed E-state index contributed by atoms with van der Waals surface area (Å²) in [7, 11) is -4.30. The van der Waals surface area contributed by atoms with Crippen LogP contribution in [0.1, 0.15) is 0 Å². The summed E-state index contributed by atoms with van der Waals surface area (Å²) < 4.78 is 21.8. The minimum Gasteiger partial charge on any atom is -0.506 e. The summed E-state index contributed by atoms with van der Waals surface area (Å²) in [5.74, 6) is -0.735. The number of phenols is 1. The normalized spacial score (nSPS) is 11.2. The third kappa shape index (κ3) is 1.80. The van der Waals surface area contributed by atoms with Crippen LogP contribution in [0.15, 0.2) is 23.1 Å². The first-order chi connectivity index (χ1) is 6.34. The van der Waals surface area contributed by atoms with Crippen molar-refractivity contribution in [3.63, 3.8) is 0 Å². The number of primary sulfonamides is 1. The van der Waals surface area contributed by atoms with Crippen LogP contribution in [0.5, 0.6) is 5.75 Å². The van der Waals surface area contributed by atoms with Crippen LogP contribution >= 0.6 is 0 Å². The van der Waals surface area contributed by atoms with Crippen molar-refractivity contribution in [3.05, 3.63) is 28.3 Å². The van der Waals surface area contributed by atoms with E-state index in [2.05, 4.69) is 0 Å². The maximum Gasteiger partial charge on any atom is 0.293 e. The molecule has 1 aromatic rings. The molecule has 0 aromatic heterocycles. The van der Waals surface area contributed by atoms with Crippen LogP contribution in [-0.4, -0.2) is 18.4 Å². The summed E-state index contributed by atoms with van der Waals surface area (Å²) in [6.45, 7) is 0. The number of nitrogens with zero attached hydrogens (tertiary/aromatic N) is 1. The van der Waals surface area contributed by atoms with Gasteiger partial charge in [-0.3, -0.25) is 10.1 Å². The zero-order valence-corrected chi connectivity index (χ0v) is 7.56. The molecule has 0 saturated carbocycles. The van der Waals surface area contributed by atoms with Gasteiger partial charge < -0.3 is 5.11 Å². The lowest BCUT2D eigenvalue weighted by atomic mass is 10.3. The number of nitrogens with two attached hydrogens (primary N) is 1. The second kappa shape index (κ2) is 3.24. The Morgan fingerprint density at radius 3 is 2.36 bits per heavy atom. The SMILES string of the molecule is NS(=O)(=O)c1c(O)cccc1[N+](=O)[O-]. The molecule has 0 spiro atoms. The topological polar surface area (TPSA) is 124 Å². The number of nitro benzene ring substituents is 1. The van der Waals surface area contributed by atoms with E-state index in [1.807, 2.05) is 0 Å². The van der Waals surface area contributed by atoms with Crippen molar-refractivity contribution in [2.24, 2.45) is 5.14 Å². The smallest absolute Gasteiger partial charge is 0.293 e. The number of sulfonamides is 1. The number of hydrogen-bond acceptors (Lipinski definition) is 5. The summed E-state index contributed by atoms with van der Waals surface area (Å²) in [5.41, 5.74) is -0.743. The van der Waals surface area contributed by atoms with Crippen molar-refractivity contribution < 1.29 is 18.4 Å². The predicted molar refractivity (Wildman–Crippen MR) is 46.1 cm³/mol. The van der Waals surface area contributed by atoms with Crippen molar-refractivity contribution in [2.45, 2.75) is 4.90 Å². The van der Waals surface area contributed by atoms with Gasteiger partial charge in [0.15, 0.2) is 0 Å². The fourth-order valence-electron chi connectivity index (χ4n) is 0.948. The van der Waals surface area contributed by atoms with E-state index < -0.39 is 31.3 Å². The molecule has 0 fully saturated rings. The van der Waals surface area contributed by atoms with Gasteiger partial charge in [0.1, 0.15) is 5.75 Å². The highest BCUT2D eigenvalue weighted by atomic mass is 32.2. The van der Waals surface area contributed by atoms with E-state index in [0.29, 0.717) is 0 Å². The Morgan fingerprint density at radius 2 is 2.00 bits per heavy atom. The third-order valence-corrected chi connectivity index (χ3v) is 2.44. The van der Waals surface area contributed by atoms with Crippen molar-refractivity contribution in [1.82, 2.24) is 0 Å². The van der Waals surface area contributed by atoms with Crippen molar-refractivity contribution in [1.29, 1.82) is 0 Å². The monoisotopic (exact) mass is 218 g/mol. The molecule has 1 rings (SSSR count). The fraction of sp³-hybridized carbons (Fsp3) is 0. The molecule has 7 nitrogen and oxygen atoms in total. The molecule has 0 unspecified atom stereocenters. The molecule has 0 aliphatic carbocycles. The van der Waals surface area contributed by atoms with Crippen LogP contribution < -0.4 is 5.14 Å². The van der Waals surface area contributed by atoms with E-state index >= 15 is 0 Å². The van der Waals surface area contributed by atoms with Crippen LogP contribution in [0, 0.1) is 10.1 Å². The lowest BCUT2D eigenvalue weighted by Gasteiger charge is -2.01. The van der Waals surface area contributed by atoms with E-state index in [1.165, 1.54) is 0 Å². The van der Waals surface area contributed by atoms with Gasteiger partial charge in [-0.05, 0) is 6.07 Å². The minimum absolute atomic E-state index is 0.735. The van der Waals surface area contributed by atoms with Gasteiger partial charge in [0.05, 0.1) is 4.92 Å². The van der Waals surface area contributed by atoms with Crippen LogP contribution in [0.3, 0.4) is 0 Å². The van der Waals surface area contributed by atoms with Gasteiger partial charge in [0.2, 0.25) is 14.9 Å². The highest BCUT2D eigenvalue weighted by molar-refractivity contribution is 7.89. The van der Waals surface area contributed by atoms with Crippen LogP contribution in [0.25, 0.3) is 0 Å². The molecule has 1 aromatic carbocycles. The zero-order chi connectivity index (χ0) is 10.9. The molecule has 8 heteroatoms. The molecule has 76 valence electrons. The standard InChI is InChI=1S/C6H6N2O5S/c7-14(12,13)6-4(8(10)11)2-1-3-5(6)9/h1-3,9H,(H2,7,12,13). The highest BCUT2D eigenvalue weighted by Gasteiger charge is 2.26. The maximum atomic E-state index is 10.9. The van der Waals surface area contributed by atoms with Gasteiger partial charge in [-0.15, -0.1) is 0 Å². The van der Waals surface area contributed by atoms with Gasteiger partial charge in [-0.2, -0.15) is 0 Å². The second-order valence-electron chi connectivity index (χ2n) is 2.43. The van der Waals surface area contributed by atoms with Crippen molar-refractivity contribution in [2.75, 3.05) is 0 Å². The Kier molecular flexibility index (Phi) is 2.41. The largest absolute Gasteiger partial charge is 0.506 e. The lowest BCUT2D eigenvalue weighted by molar-refractivity contribution is -0.387. The Hall–Kier alpha value is -1.67. The average molecular weight is 218 g/mol. The van der Waals surface area contributed by atoms with Gasteiger partial charge in [-0.25, -0.2) is 13.6 Å². The van der Waals surface area contributed by atoms with Crippen LogP contribution in [0.2, 0.25) is 0 Å². The third-order valence-electron chi connectivity index (χ3n) is 1.45. The molecule has 0 bridgehead atoms. The molecule has 0 aliphatic heterocycles. The molecule has 0 atom stereocenters. The van der Waals surface area contributed by atoms with Gasteiger partial charge in [-0.1, -0.05) is 6.07 Å². The quantitative estimate of drug-likeness (QED) is 0.531. The summed E-state index contributed by atoms with van der Waals surface area (Å²) >= 11 is 0. The molecular weight excluding hydrogens is 212 g/mol. The summed E-state index contributed by atoms with van der Waals surface area (Å²) in [6, 6.07) is 3.11. The first-order valence-electron chi connectivity index (χ1n) is 3.33. The van der Waals surface area contributed by atoms with Crippen LogP contribution in [-0.2, 0) is 10.0 Å². The average Bonchev–Trinajstić information content (AvgIpc) is 2.01. The number of rotatable bonds is 2. The van der Waals surface area contributed by atoms with E-state index in [-0.39, 0.29) is 0 Å². The molecule has 14 heavy (non-hydrogen) atoms. The summed E-state index contributed by atoms with van der Waals surface area (Å²) in [4.78, 5) is 8.59. The first kappa shape index (κ1) is 10.4. The van der Waals surface area contributed by atoms with E-state index in [9.17, 15) is 18.5 Å². The summed E-state index contributed by atoms with van der Waals surface area (Å²) in [5, 5.41) is 24.2. The van der Waals surface area contributed by atoms with Gasteiger partial charge in [0.25, 0.3) is 5.69 Å². The second-order valence-corrected chi connectivity index (χ2v) is 3.93. The number of nitro groups is 1. The summed E-state index contributed by atoms with van der Waals surface area (Å²) in [6.07, 6.45) is 0. The predicted octanol–water partition coefficient (Wildman–Crippen LogP) is -0.0522. The van der Waals surface area contributed by atoms with E-state index in [1.54, 1.807) is 0 Å². The number of aromatic hydroxyl groups is 1. The molecule has 0 saturated heterocycles. The lowest BCUT2D eigenvalue weighted by Crippen LogP contribution is -2.14. The Balaban J connectivity index is 3.62. The van der Waals surface area contributed by atoms with Crippen LogP contribution in [0.4, 0.5) is 5.69 Å². The highest BCUT2D eigenvalue weighted by Crippen LogP contribution is 2.30. The van der Waals surface area contributed by atoms with Crippen molar-refractivity contribution in [3.8, 4) is 5.75 Å². The molecule has 0 aliphatic rings. The molecule has 3 N–H and O–H groups in total. The number of phenolic OH excluding ortho intramolecular Hbond substituents is 1. The first-order valence-corrected chi connectivity index (χ1v) is 4.88. The van der Waals surface area contributed by atoms with E-state index in [4.69, 9.17) is 10.2 Å². The van der Waals surface area contributed by atoms with Gasteiger partial charge >= 0.3 is 0 Å². The number of benzene rings is 1. The molecular formula is C6H6N2O5S. The van der Waals surface area contributed by atoms with Crippen molar-refractivity contribution >= 4 is 15.7 Å². The molecule has 0 radical (unpaired) electrons. The Morgan fingerprint density at radius 1 is 1.43 bits per heavy atom. The fourth-order valence-corrected chi connectivity index (χ4v) is 1.74. The van der Waals surface area contributed by atoms with E-state index in [0.717, 1.165) is 18.2 Å². The Bertz CT molecular complexity index is 481. The number of hydrogen-bond donors (Lipinski definition) is 2. The minimum atomic E-state index is -4.30.